The summed E-state index contributed by atoms with van der Waals surface area (Å²) in [5, 5.41) is 3.87. The van der Waals surface area contributed by atoms with Crippen LogP contribution in [0.3, 0.4) is 0 Å². The van der Waals surface area contributed by atoms with Crippen molar-refractivity contribution in [3.63, 3.8) is 0 Å². The molecule has 0 saturated carbocycles. The summed E-state index contributed by atoms with van der Waals surface area (Å²) in [6.07, 6.45) is 1.05. The second kappa shape index (κ2) is 7.93. The minimum atomic E-state index is -3.87. The SMILES string of the molecule is COc1ccc(-c2noc(CN(C)S(=O)(=O)c3ccc(S(C)(=O)=O)cc3)n2)cc1. The number of benzene rings is 2. The number of hydrogen-bond donors (Lipinski definition) is 0. The summed E-state index contributed by atoms with van der Waals surface area (Å²) in [6.45, 7) is -0.140. The van der Waals surface area contributed by atoms with Crippen molar-refractivity contribution in [2.24, 2.45) is 0 Å². The fourth-order valence-corrected chi connectivity index (χ4v) is 4.24. The van der Waals surface area contributed by atoms with Crippen LogP contribution in [0.4, 0.5) is 0 Å². The molecule has 11 heteroatoms. The predicted octanol–water partition coefficient (Wildman–Crippen LogP) is 1.97. The van der Waals surface area contributed by atoms with E-state index in [9.17, 15) is 16.8 Å². The lowest BCUT2D eigenvalue weighted by Gasteiger charge is -2.15. The highest BCUT2D eigenvalue weighted by Gasteiger charge is 2.24. The van der Waals surface area contributed by atoms with Gasteiger partial charge in [-0.1, -0.05) is 5.16 Å². The predicted molar refractivity (Wildman–Crippen MR) is 104 cm³/mol. The molecule has 0 fully saturated rings. The van der Waals surface area contributed by atoms with Gasteiger partial charge in [-0.05, 0) is 48.5 Å². The largest absolute Gasteiger partial charge is 0.497 e. The van der Waals surface area contributed by atoms with Gasteiger partial charge in [-0.3, -0.25) is 0 Å². The molecule has 0 amide bonds. The van der Waals surface area contributed by atoms with Crippen molar-refractivity contribution < 1.29 is 26.1 Å². The molecule has 0 spiro atoms. The number of ether oxygens (including phenoxy) is 1. The number of hydrogen-bond acceptors (Lipinski definition) is 8. The third-order valence-electron chi connectivity index (χ3n) is 4.13. The first-order chi connectivity index (χ1) is 13.6. The quantitative estimate of drug-likeness (QED) is 0.550. The highest BCUT2D eigenvalue weighted by Crippen LogP contribution is 2.22. The van der Waals surface area contributed by atoms with Gasteiger partial charge in [0, 0.05) is 18.9 Å². The molecule has 154 valence electrons. The molecule has 0 unspecified atom stereocenters. The van der Waals surface area contributed by atoms with E-state index in [1.807, 2.05) is 0 Å². The smallest absolute Gasteiger partial charge is 0.243 e. The van der Waals surface area contributed by atoms with E-state index in [1.54, 1.807) is 31.4 Å². The zero-order valence-corrected chi connectivity index (χ0v) is 17.6. The summed E-state index contributed by atoms with van der Waals surface area (Å²) in [7, 11) is -4.35. The van der Waals surface area contributed by atoms with Crippen molar-refractivity contribution in [1.29, 1.82) is 0 Å². The van der Waals surface area contributed by atoms with Gasteiger partial charge in [0.05, 0.1) is 23.4 Å². The first kappa shape index (κ1) is 21.0. The van der Waals surface area contributed by atoms with Crippen LogP contribution in [-0.2, 0) is 26.4 Å². The normalized spacial score (nSPS) is 12.3. The maximum Gasteiger partial charge on any atom is 0.243 e. The van der Waals surface area contributed by atoms with Crippen molar-refractivity contribution in [3.8, 4) is 17.1 Å². The fourth-order valence-electron chi connectivity index (χ4n) is 2.49. The van der Waals surface area contributed by atoms with Crippen LogP contribution in [0.5, 0.6) is 5.75 Å². The van der Waals surface area contributed by atoms with E-state index in [0.29, 0.717) is 17.1 Å². The Kier molecular flexibility index (Phi) is 5.73. The molecule has 0 bridgehead atoms. The third-order valence-corrected chi connectivity index (χ3v) is 7.08. The van der Waals surface area contributed by atoms with Crippen LogP contribution >= 0.6 is 0 Å². The second-order valence-electron chi connectivity index (χ2n) is 6.24. The second-order valence-corrected chi connectivity index (χ2v) is 10.3. The Labute approximate surface area is 168 Å². The number of rotatable bonds is 7. The number of sulfone groups is 1. The van der Waals surface area contributed by atoms with E-state index >= 15 is 0 Å². The minimum absolute atomic E-state index is 0.0395. The summed E-state index contributed by atoms with van der Waals surface area (Å²) < 4.78 is 59.8. The number of methoxy groups -OCH3 is 1. The van der Waals surface area contributed by atoms with E-state index in [0.717, 1.165) is 10.6 Å². The van der Waals surface area contributed by atoms with Crippen LogP contribution in [0, 0.1) is 0 Å². The number of sulfonamides is 1. The van der Waals surface area contributed by atoms with E-state index < -0.39 is 19.9 Å². The fraction of sp³-hybridized carbons (Fsp3) is 0.222. The molecular weight excluding hydrogens is 418 g/mol. The summed E-state index contributed by atoms with van der Waals surface area (Å²) in [5.74, 6) is 1.13. The molecule has 9 nitrogen and oxygen atoms in total. The van der Waals surface area contributed by atoms with Gasteiger partial charge < -0.3 is 9.26 Å². The molecule has 3 aromatic rings. The lowest BCUT2D eigenvalue weighted by molar-refractivity contribution is 0.337. The molecule has 0 aliphatic heterocycles. The van der Waals surface area contributed by atoms with Crippen molar-refractivity contribution >= 4 is 19.9 Å². The van der Waals surface area contributed by atoms with Gasteiger partial charge in [0.25, 0.3) is 0 Å². The van der Waals surface area contributed by atoms with Gasteiger partial charge in [0.15, 0.2) is 9.84 Å². The molecule has 0 aliphatic rings. The molecule has 0 aliphatic carbocycles. The van der Waals surface area contributed by atoms with Gasteiger partial charge in [0.2, 0.25) is 21.7 Å². The van der Waals surface area contributed by atoms with E-state index in [4.69, 9.17) is 9.26 Å². The summed E-state index contributed by atoms with van der Waals surface area (Å²) in [4.78, 5) is 4.23. The average molecular weight is 437 g/mol. The Morgan fingerprint density at radius 3 is 2.10 bits per heavy atom. The van der Waals surface area contributed by atoms with Gasteiger partial charge in [-0.15, -0.1) is 0 Å². The van der Waals surface area contributed by atoms with Crippen molar-refractivity contribution in [2.75, 3.05) is 20.4 Å². The maximum absolute atomic E-state index is 12.7. The number of aromatic nitrogens is 2. The van der Waals surface area contributed by atoms with Crippen molar-refractivity contribution in [2.45, 2.75) is 16.3 Å². The summed E-state index contributed by atoms with van der Waals surface area (Å²) in [5.41, 5.74) is 0.697. The van der Waals surface area contributed by atoms with Crippen molar-refractivity contribution in [1.82, 2.24) is 14.4 Å². The van der Waals surface area contributed by atoms with E-state index in [-0.39, 0.29) is 22.2 Å². The van der Waals surface area contributed by atoms with Crippen molar-refractivity contribution in [3.05, 3.63) is 54.4 Å². The molecule has 0 N–H and O–H groups in total. The van der Waals surface area contributed by atoms with E-state index in [2.05, 4.69) is 10.1 Å². The highest BCUT2D eigenvalue weighted by molar-refractivity contribution is 7.90. The standard InChI is InChI=1S/C18H19N3O6S2/c1-21(29(24,25)16-10-8-15(9-11-16)28(3,22)23)12-17-19-18(20-27-17)13-4-6-14(26-2)7-5-13/h4-11H,12H2,1-3H3. The maximum atomic E-state index is 12.7. The molecular formula is C18H19N3O6S2. The van der Waals surface area contributed by atoms with Crippen LogP contribution < -0.4 is 4.74 Å². The molecule has 0 atom stereocenters. The number of nitrogens with zero attached hydrogens (tertiary/aromatic N) is 3. The Morgan fingerprint density at radius 1 is 0.966 bits per heavy atom. The molecule has 2 aromatic carbocycles. The molecule has 0 saturated heterocycles. The lowest BCUT2D eigenvalue weighted by Crippen LogP contribution is -2.26. The Morgan fingerprint density at radius 2 is 1.55 bits per heavy atom. The van der Waals surface area contributed by atoms with Crippen LogP contribution in [0.25, 0.3) is 11.4 Å². The van der Waals surface area contributed by atoms with Crippen LogP contribution in [0.2, 0.25) is 0 Å². The van der Waals surface area contributed by atoms with Crippen LogP contribution in [0.1, 0.15) is 5.89 Å². The average Bonchev–Trinajstić information content (AvgIpc) is 3.16. The van der Waals surface area contributed by atoms with Gasteiger partial charge in [0.1, 0.15) is 5.75 Å². The first-order valence-corrected chi connectivity index (χ1v) is 11.7. The zero-order valence-electron chi connectivity index (χ0n) is 15.9. The lowest BCUT2D eigenvalue weighted by atomic mass is 10.2. The molecule has 1 aromatic heterocycles. The molecule has 3 rings (SSSR count). The minimum Gasteiger partial charge on any atom is -0.497 e. The Balaban J connectivity index is 1.77. The van der Waals surface area contributed by atoms with Gasteiger partial charge in [-0.25, -0.2) is 16.8 Å². The van der Waals surface area contributed by atoms with Crippen LogP contribution in [-0.4, -0.2) is 51.7 Å². The zero-order chi connectivity index (χ0) is 21.2. The van der Waals surface area contributed by atoms with Gasteiger partial charge in [-0.2, -0.15) is 9.29 Å². The third kappa shape index (κ3) is 4.63. The van der Waals surface area contributed by atoms with Gasteiger partial charge >= 0.3 is 0 Å². The summed E-state index contributed by atoms with van der Waals surface area (Å²) >= 11 is 0. The Bertz CT molecular complexity index is 1200. The van der Waals surface area contributed by atoms with E-state index in [1.165, 1.54) is 31.3 Å². The topological polar surface area (TPSA) is 120 Å². The highest BCUT2D eigenvalue weighted by atomic mass is 32.2. The Hall–Kier alpha value is -2.76. The molecule has 29 heavy (non-hydrogen) atoms. The first-order valence-electron chi connectivity index (χ1n) is 8.35. The monoisotopic (exact) mass is 437 g/mol. The van der Waals surface area contributed by atoms with Crippen LogP contribution in [0.15, 0.2) is 62.8 Å². The summed E-state index contributed by atoms with van der Waals surface area (Å²) in [6, 6.07) is 12.0. The molecule has 0 radical (unpaired) electrons. The molecule has 1 heterocycles.